The third kappa shape index (κ3) is 1.03. The highest BCUT2D eigenvalue weighted by atomic mass is 16.3. The lowest BCUT2D eigenvalue weighted by Crippen LogP contribution is -2.07. The van der Waals surface area contributed by atoms with Crippen molar-refractivity contribution in [1.82, 2.24) is 0 Å². The zero-order valence-electron chi connectivity index (χ0n) is 5.59. The summed E-state index contributed by atoms with van der Waals surface area (Å²) in [5.41, 5.74) is 0. The van der Waals surface area contributed by atoms with Gasteiger partial charge in [-0.05, 0) is 24.7 Å². The van der Waals surface area contributed by atoms with E-state index in [1.54, 1.807) is 0 Å². The van der Waals surface area contributed by atoms with Gasteiger partial charge >= 0.3 is 0 Å². The molecular formula is C7H14O. The second kappa shape index (κ2) is 2.06. The number of hydrogen-bond donors (Lipinski definition) is 1. The van der Waals surface area contributed by atoms with E-state index in [9.17, 15) is 0 Å². The topological polar surface area (TPSA) is 20.2 Å². The van der Waals surface area contributed by atoms with Crippen molar-refractivity contribution in [3.05, 3.63) is 0 Å². The lowest BCUT2D eigenvalue weighted by atomic mass is 10.1. The molecule has 1 fully saturated rings. The van der Waals surface area contributed by atoms with Gasteiger partial charge in [0.25, 0.3) is 0 Å². The zero-order valence-corrected chi connectivity index (χ0v) is 5.59. The SMILES string of the molecule is CC1C[C@@H](C)[C@@H](O)C1. The van der Waals surface area contributed by atoms with Crippen LogP contribution in [0.3, 0.4) is 0 Å². The first-order chi connectivity index (χ1) is 3.70. The second-order valence-corrected chi connectivity index (χ2v) is 3.12. The summed E-state index contributed by atoms with van der Waals surface area (Å²) < 4.78 is 0. The van der Waals surface area contributed by atoms with Crippen molar-refractivity contribution in [2.75, 3.05) is 0 Å². The lowest BCUT2D eigenvalue weighted by molar-refractivity contribution is 0.140. The van der Waals surface area contributed by atoms with E-state index < -0.39 is 0 Å². The number of aliphatic hydroxyl groups excluding tert-OH is 1. The number of hydrogen-bond acceptors (Lipinski definition) is 1. The van der Waals surface area contributed by atoms with Gasteiger partial charge in [0, 0.05) is 0 Å². The van der Waals surface area contributed by atoms with Crippen molar-refractivity contribution in [3.8, 4) is 0 Å². The molecule has 1 aliphatic carbocycles. The second-order valence-electron chi connectivity index (χ2n) is 3.12. The molecule has 48 valence electrons. The molecule has 0 radical (unpaired) electrons. The Morgan fingerprint density at radius 3 is 2.00 bits per heavy atom. The predicted octanol–water partition coefficient (Wildman–Crippen LogP) is 1.41. The molecule has 3 atom stereocenters. The molecule has 0 aromatic heterocycles. The van der Waals surface area contributed by atoms with Crippen molar-refractivity contribution < 1.29 is 5.11 Å². The number of aliphatic hydroxyl groups is 1. The van der Waals surface area contributed by atoms with Crippen molar-refractivity contribution >= 4 is 0 Å². The van der Waals surface area contributed by atoms with Crippen LogP contribution in [-0.4, -0.2) is 11.2 Å². The fraction of sp³-hybridized carbons (Fsp3) is 1.00. The molecule has 8 heavy (non-hydrogen) atoms. The van der Waals surface area contributed by atoms with E-state index in [0.717, 1.165) is 12.3 Å². The van der Waals surface area contributed by atoms with Gasteiger partial charge in [0.2, 0.25) is 0 Å². The Kier molecular flexibility index (Phi) is 1.57. The third-order valence-electron chi connectivity index (χ3n) is 2.07. The van der Waals surface area contributed by atoms with Gasteiger partial charge in [0.05, 0.1) is 6.10 Å². The highest BCUT2D eigenvalue weighted by molar-refractivity contribution is 4.77. The summed E-state index contributed by atoms with van der Waals surface area (Å²) in [6.07, 6.45) is 2.22. The van der Waals surface area contributed by atoms with E-state index in [1.807, 2.05) is 0 Å². The Morgan fingerprint density at radius 2 is 1.88 bits per heavy atom. The van der Waals surface area contributed by atoms with Crippen LogP contribution in [0.25, 0.3) is 0 Å². The minimum absolute atomic E-state index is 0.00926. The maximum absolute atomic E-state index is 9.17. The van der Waals surface area contributed by atoms with E-state index in [1.165, 1.54) is 6.42 Å². The Balaban J connectivity index is 2.39. The van der Waals surface area contributed by atoms with Gasteiger partial charge in [-0.25, -0.2) is 0 Å². The highest BCUT2D eigenvalue weighted by Crippen LogP contribution is 2.29. The van der Waals surface area contributed by atoms with Gasteiger partial charge in [-0.3, -0.25) is 0 Å². The molecule has 1 unspecified atom stereocenters. The van der Waals surface area contributed by atoms with Crippen LogP contribution < -0.4 is 0 Å². The molecule has 0 bridgehead atoms. The fourth-order valence-electron chi connectivity index (χ4n) is 1.53. The average Bonchev–Trinajstić information content (AvgIpc) is 1.85. The van der Waals surface area contributed by atoms with Crippen molar-refractivity contribution in [2.45, 2.75) is 32.8 Å². The molecule has 0 aliphatic heterocycles. The Morgan fingerprint density at radius 1 is 1.25 bits per heavy atom. The molecule has 1 saturated carbocycles. The predicted molar refractivity (Wildman–Crippen MR) is 33.6 cm³/mol. The summed E-state index contributed by atoms with van der Waals surface area (Å²) in [5.74, 6) is 1.30. The maximum atomic E-state index is 9.17. The van der Waals surface area contributed by atoms with Crippen LogP contribution in [0.1, 0.15) is 26.7 Å². The molecule has 1 N–H and O–H groups in total. The summed E-state index contributed by atoms with van der Waals surface area (Å²) >= 11 is 0. The fourth-order valence-corrected chi connectivity index (χ4v) is 1.53. The van der Waals surface area contributed by atoms with E-state index in [-0.39, 0.29) is 6.10 Å². The Hall–Kier alpha value is -0.0400. The monoisotopic (exact) mass is 114 g/mol. The van der Waals surface area contributed by atoms with Crippen LogP contribution >= 0.6 is 0 Å². The van der Waals surface area contributed by atoms with Crippen molar-refractivity contribution in [1.29, 1.82) is 0 Å². The van der Waals surface area contributed by atoms with Gasteiger partial charge in [-0.1, -0.05) is 13.8 Å². The summed E-state index contributed by atoms with van der Waals surface area (Å²) in [6.45, 7) is 4.32. The smallest absolute Gasteiger partial charge is 0.0568 e. The van der Waals surface area contributed by atoms with Gasteiger partial charge in [-0.2, -0.15) is 0 Å². The third-order valence-corrected chi connectivity index (χ3v) is 2.07. The van der Waals surface area contributed by atoms with Crippen molar-refractivity contribution in [3.63, 3.8) is 0 Å². The van der Waals surface area contributed by atoms with Crippen molar-refractivity contribution in [2.24, 2.45) is 11.8 Å². The van der Waals surface area contributed by atoms with E-state index in [0.29, 0.717) is 5.92 Å². The van der Waals surface area contributed by atoms with Crippen LogP contribution in [0.4, 0.5) is 0 Å². The normalized spacial score (nSPS) is 47.6. The Labute approximate surface area is 50.7 Å². The minimum Gasteiger partial charge on any atom is -0.393 e. The number of rotatable bonds is 0. The molecular weight excluding hydrogens is 100 g/mol. The molecule has 1 rings (SSSR count). The van der Waals surface area contributed by atoms with Gasteiger partial charge in [-0.15, -0.1) is 0 Å². The standard InChI is InChI=1S/C7H14O/c1-5-3-6(2)7(8)4-5/h5-8H,3-4H2,1-2H3/t5?,6-,7+/m1/s1. The first-order valence-corrected chi connectivity index (χ1v) is 3.38. The minimum atomic E-state index is -0.00926. The Bertz CT molecular complexity index is 70.5. The van der Waals surface area contributed by atoms with E-state index in [2.05, 4.69) is 13.8 Å². The molecule has 1 aliphatic rings. The van der Waals surface area contributed by atoms with Crippen LogP contribution in [-0.2, 0) is 0 Å². The van der Waals surface area contributed by atoms with Crippen LogP contribution in [0.15, 0.2) is 0 Å². The highest BCUT2D eigenvalue weighted by Gasteiger charge is 2.25. The van der Waals surface area contributed by atoms with Crippen LogP contribution in [0, 0.1) is 11.8 Å². The zero-order chi connectivity index (χ0) is 6.15. The molecule has 0 saturated heterocycles. The average molecular weight is 114 g/mol. The van der Waals surface area contributed by atoms with E-state index in [4.69, 9.17) is 5.11 Å². The molecule has 0 aromatic rings. The molecule has 0 heterocycles. The summed E-state index contributed by atoms with van der Waals surface area (Å²) in [7, 11) is 0. The first kappa shape index (κ1) is 6.09. The van der Waals surface area contributed by atoms with Gasteiger partial charge in [0.15, 0.2) is 0 Å². The summed E-state index contributed by atoms with van der Waals surface area (Å²) in [6, 6.07) is 0. The van der Waals surface area contributed by atoms with Gasteiger partial charge in [0.1, 0.15) is 0 Å². The first-order valence-electron chi connectivity index (χ1n) is 3.38. The summed E-state index contributed by atoms with van der Waals surface area (Å²) in [5, 5.41) is 9.17. The lowest BCUT2D eigenvalue weighted by Gasteiger charge is -2.04. The molecule has 0 aromatic carbocycles. The molecule has 0 amide bonds. The van der Waals surface area contributed by atoms with E-state index >= 15 is 0 Å². The summed E-state index contributed by atoms with van der Waals surface area (Å²) in [4.78, 5) is 0. The van der Waals surface area contributed by atoms with Crippen LogP contribution in [0.5, 0.6) is 0 Å². The molecule has 0 spiro atoms. The van der Waals surface area contributed by atoms with Crippen LogP contribution in [0.2, 0.25) is 0 Å². The molecule has 1 heteroatoms. The molecule has 1 nitrogen and oxygen atoms in total. The van der Waals surface area contributed by atoms with Gasteiger partial charge < -0.3 is 5.11 Å². The quantitative estimate of drug-likeness (QED) is 0.505. The maximum Gasteiger partial charge on any atom is 0.0568 e. The largest absolute Gasteiger partial charge is 0.393 e.